The number of alkyl halides is 7. The molecule has 534 valence electrons. The number of hydrogen-bond acceptors (Lipinski definition) is 25. The molecule has 47 heteroatoms. The average Bonchev–Trinajstić information content (AvgIpc) is 0.783. The van der Waals surface area contributed by atoms with Gasteiger partial charge in [0.25, 0.3) is 41.8 Å². The Balaban J connectivity index is 9.00. The summed E-state index contributed by atoms with van der Waals surface area (Å²) in [5, 5.41) is 2.72. The summed E-state index contributed by atoms with van der Waals surface area (Å²) in [6.45, 7) is 25.7. The van der Waals surface area contributed by atoms with Crippen molar-refractivity contribution in [2.24, 2.45) is 0 Å². The molecular formula is C44H90Br10O25Si12. The van der Waals surface area contributed by atoms with Gasteiger partial charge in [-0.25, -0.2) is 0 Å². The third-order valence-electron chi connectivity index (χ3n) is 10.00. The number of carbonyl (C=O) groups excluding carboxylic acids is 7. The highest BCUT2D eigenvalue weighted by atomic mass is 79.9. The van der Waals surface area contributed by atoms with Gasteiger partial charge in [-0.3, -0.25) is 33.6 Å². The second-order valence-electron chi connectivity index (χ2n) is 22.8. The van der Waals surface area contributed by atoms with Gasteiger partial charge in [-0.05, 0) is 104 Å². The molecule has 0 radical (unpaired) electrons. The number of rotatable bonds is 50. The van der Waals surface area contributed by atoms with Gasteiger partial charge >= 0.3 is 83.2 Å². The molecule has 0 aliphatic heterocycles. The highest BCUT2D eigenvalue weighted by Crippen LogP contribution is 2.38. The van der Waals surface area contributed by atoms with Crippen molar-refractivity contribution in [3.05, 3.63) is 0 Å². The van der Waals surface area contributed by atoms with E-state index in [4.69, 9.17) is 76.2 Å². The minimum Gasteiger partial charge on any atom is -0.474 e. The van der Waals surface area contributed by atoms with Crippen LogP contribution in [0.15, 0.2) is 0 Å². The molecule has 0 aliphatic rings. The number of carbonyl (C=O) groups is 7. The fourth-order valence-electron chi connectivity index (χ4n) is 7.89. The lowest BCUT2D eigenvalue weighted by Crippen LogP contribution is -2.69. The van der Waals surface area contributed by atoms with E-state index in [1.807, 2.05) is 45.8 Å². The van der Waals surface area contributed by atoms with Crippen molar-refractivity contribution < 1.29 is 110 Å². The summed E-state index contributed by atoms with van der Waals surface area (Å²) in [4.78, 5) is 98.1. The molecule has 25 nitrogen and oxygen atoms in total. The van der Waals surface area contributed by atoms with Crippen LogP contribution in [-0.4, -0.2) is 179 Å². The molecule has 0 saturated carbocycles. The lowest BCUT2D eigenvalue weighted by molar-refractivity contribution is -0.142. The third kappa shape index (κ3) is 44.4. The lowest BCUT2D eigenvalue weighted by Gasteiger charge is -2.43. The van der Waals surface area contributed by atoms with Crippen molar-refractivity contribution in [3.63, 3.8) is 0 Å². The van der Waals surface area contributed by atoms with Crippen LogP contribution in [0.4, 0.5) is 0 Å². The van der Waals surface area contributed by atoms with Crippen molar-refractivity contribution in [3.8, 4) is 0 Å². The highest BCUT2D eigenvalue weighted by molar-refractivity contribution is 9.27. The summed E-state index contributed by atoms with van der Waals surface area (Å²) in [6, 6.07) is 0. The first kappa shape index (κ1) is 94.3. The minimum absolute atomic E-state index is 0.0443. The van der Waals surface area contributed by atoms with Gasteiger partial charge < -0.3 is 76.2 Å². The average molecular weight is 2160 g/mol. The van der Waals surface area contributed by atoms with Crippen LogP contribution >= 0.6 is 157 Å². The van der Waals surface area contributed by atoms with E-state index in [1.54, 1.807) is 13.1 Å². The Morgan fingerprint density at radius 2 is 0.363 bits per heavy atom. The Kier molecular flexibility index (Phi) is 44.9. The topological polar surface area (TPSA) is 286 Å². The van der Waals surface area contributed by atoms with Crippen LogP contribution in [0.1, 0.15) is 89.9 Å². The van der Waals surface area contributed by atoms with Crippen molar-refractivity contribution in [2.45, 2.75) is 195 Å². The minimum atomic E-state index is -5.17. The molecule has 0 aliphatic carbocycles. The van der Waals surface area contributed by atoms with E-state index in [0.29, 0.717) is 56.6 Å². The maximum absolute atomic E-state index is 14.2. The summed E-state index contributed by atoms with van der Waals surface area (Å²) >= 11 is 34.4. The molecule has 0 bridgehead atoms. The second-order valence-corrected chi connectivity index (χ2v) is 77.2. The van der Waals surface area contributed by atoms with E-state index in [0.717, 1.165) is 0 Å². The fraction of sp³-hybridized carbons (Fsp3) is 0.841. The van der Waals surface area contributed by atoms with Crippen LogP contribution in [0, 0.1) is 0 Å². The third-order valence-corrected chi connectivity index (χ3v) is 61.3. The van der Waals surface area contributed by atoms with Gasteiger partial charge in [0, 0.05) is 128 Å². The molecule has 91 heavy (non-hydrogen) atoms. The van der Waals surface area contributed by atoms with Crippen molar-refractivity contribution in [1.29, 1.82) is 0 Å². The number of halogens is 10. The molecule has 0 amide bonds. The molecule has 10 atom stereocenters. The Morgan fingerprint density at radius 1 is 0.220 bits per heavy atom. The molecule has 0 aromatic heterocycles. The molecule has 0 N–H and O–H groups in total. The predicted octanol–water partition coefficient (Wildman–Crippen LogP) is 14.7. The molecule has 0 aromatic rings. The standard InChI is InChI=1S/C44H90Br10O25Si12/c1-80(2,3)69-82(7,52)71-83(8,53)72-84(9,54)73-86(11,63-39(56)25-18-32-46)75-88(13,65-41(58)27-20-34-48)77-90(15,67-43(60)29-22-36-50)79-91(16,68-44(61)30-23-37-51)78-89(14,66-42(59)28-21-35-49)76-87(12,64-40(57)26-19-33-47)74-85(10,70-81(4,5)6)62-38(55)24-17-31-45/h17-37H2,1-16H3. The monoisotopic (exact) mass is 2140 g/mol. The zero-order chi connectivity index (χ0) is 70.6. The van der Waals surface area contributed by atoms with Crippen LogP contribution in [0.3, 0.4) is 0 Å². The smallest absolute Gasteiger partial charge is 0.474 e. The Bertz CT molecular complexity index is 2320. The van der Waals surface area contributed by atoms with Crippen LogP contribution < -0.4 is 0 Å². The van der Waals surface area contributed by atoms with Crippen molar-refractivity contribution in [2.75, 3.05) is 37.3 Å². The Morgan fingerprint density at radius 3 is 0.527 bits per heavy atom. The summed E-state index contributed by atoms with van der Waals surface area (Å²) in [6.07, 6.45) is 0.716. The van der Waals surface area contributed by atoms with Crippen LogP contribution in [0.5, 0.6) is 0 Å². The van der Waals surface area contributed by atoms with E-state index in [2.05, 4.69) is 157 Å². The molecule has 0 rings (SSSR count). The summed E-state index contributed by atoms with van der Waals surface area (Å²) in [5.74, 6) is -5.88. The van der Waals surface area contributed by atoms with E-state index in [9.17, 15) is 33.6 Å². The molecular weight excluding hydrogens is 2060 g/mol. The van der Waals surface area contributed by atoms with Gasteiger partial charge in [-0.2, -0.15) is 0 Å². The first-order valence-corrected chi connectivity index (χ1v) is 72.7. The quantitative estimate of drug-likeness (QED) is 0.0311. The van der Waals surface area contributed by atoms with E-state index in [1.165, 1.54) is 45.8 Å². The molecule has 0 spiro atoms. The summed E-state index contributed by atoms with van der Waals surface area (Å²) in [7, 11) is -49.6. The van der Waals surface area contributed by atoms with Crippen LogP contribution in [-0.2, 0) is 110 Å². The van der Waals surface area contributed by atoms with Gasteiger partial charge in [0.15, 0.2) is 16.6 Å². The predicted molar refractivity (Wildman–Crippen MR) is 405 cm³/mol. The maximum atomic E-state index is 14.2. The van der Waals surface area contributed by atoms with Gasteiger partial charge in [0.1, 0.15) is 0 Å². The van der Waals surface area contributed by atoms with E-state index >= 15 is 0 Å². The van der Waals surface area contributed by atoms with Crippen LogP contribution in [0.25, 0.3) is 0 Å². The molecule has 0 saturated heterocycles. The lowest BCUT2D eigenvalue weighted by atomic mass is 10.3. The van der Waals surface area contributed by atoms with Crippen LogP contribution in [0.2, 0.25) is 105 Å². The molecule has 10 unspecified atom stereocenters. The zero-order valence-corrected chi connectivity index (χ0v) is 82.2. The van der Waals surface area contributed by atoms with Gasteiger partial charge in [-0.1, -0.05) is 157 Å². The Labute approximate surface area is 633 Å². The highest BCUT2D eigenvalue weighted by Gasteiger charge is 2.67. The van der Waals surface area contributed by atoms with Gasteiger partial charge in [0.05, 0.1) is 0 Å². The zero-order valence-electron chi connectivity index (χ0n) is 54.3. The van der Waals surface area contributed by atoms with Gasteiger partial charge in [-0.15, -0.1) is 0 Å². The normalized spacial score (nSPS) is 18.8. The SMILES string of the molecule is C[Si](C)(C)O[Si](C)(Br)O[Si](C)(Br)O[Si](C)(Br)O[Si](C)(OC(=O)CCCBr)O[Si](C)(OC(=O)CCCBr)O[Si](C)(OC(=O)CCCBr)O[Si](C)(OC(=O)CCCBr)O[Si](C)(OC(=O)CCCBr)O[Si](C)(OC(=O)CCCBr)O[Si](C)(OC(=O)CCCBr)O[Si](C)(C)C. The first-order chi connectivity index (χ1) is 41.5. The molecule has 0 heterocycles. The first-order valence-electron chi connectivity index (χ1n) is 28.7. The van der Waals surface area contributed by atoms with E-state index in [-0.39, 0.29) is 70.6 Å². The van der Waals surface area contributed by atoms with Crippen molar-refractivity contribution >= 4 is 299 Å². The largest absolute Gasteiger partial charge is 0.551 e. The summed E-state index contributed by atoms with van der Waals surface area (Å²) < 4.78 is 117. The fourth-order valence-corrected chi connectivity index (χ4v) is 76.1. The molecule has 0 aromatic carbocycles. The van der Waals surface area contributed by atoms with Crippen molar-refractivity contribution in [1.82, 2.24) is 0 Å². The maximum Gasteiger partial charge on any atom is 0.551 e. The summed E-state index contributed by atoms with van der Waals surface area (Å²) in [5.41, 5.74) is 0. The molecule has 0 fully saturated rings. The second kappa shape index (κ2) is 43.4. The van der Waals surface area contributed by atoms with E-state index < -0.39 is 142 Å². The Hall–Kier alpha value is 3.25. The number of hydrogen-bond donors (Lipinski definition) is 0. The van der Waals surface area contributed by atoms with Gasteiger partial charge in [0.2, 0.25) is 0 Å².